The van der Waals surface area contributed by atoms with Crippen molar-refractivity contribution in [2.24, 2.45) is 17.8 Å². The molecule has 0 radical (unpaired) electrons. The minimum atomic E-state index is -0.797. The van der Waals surface area contributed by atoms with Gasteiger partial charge in [0.1, 0.15) is 17.7 Å². The first-order valence-corrected chi connectivity index (χ1v) is 29.5. The molecule has 1 aliphatic carbocycles. The van der Waals surface area contributed by atoms with E-state index >= 15 is 0 Å². The van der Waals surface area contributed by atoms with Gasteiger partial charge in [-0.05, 0) is 112 Å². The molecule has 418 valence electrons. The van der Waals surface area contributed by atoms with Crippen LogP contribution in [-0.2, 0) is 19.1 Å². The van der Waals surface area contributed by atoms with E-state index in [1.807, 2.05) is 81.7 Å². The summed E-state index contributed by atoms with van der Waals surface area (Å²) in [7, 11) is 0. The number of thiazole rings is 1. The number of nitrogens with one attached hydrogen (secondary N) is 1. The summed E-state index contributed by atoms with van der Waals surface area (Å²) in [5.41, 5.74) is 13.2. The Morgan fingerprint density at radius 2 is 1.62 bits per heavy atom. The number of benzene rings is 2. The first-order chi connectivity index (χ1) is 37.7. The van der Waals surface area contributed by atoms with Gasteiger partial charge in [0.05, 0.1) is 64.0 Å². The number of nitrogens with two attached hydrogens (primary N) is 1. The molecule has 0 bridgehead atoms. The largest absolute Gasteiger partial charge is 0.507 e. The summed E-state index contributed by atoms with van der Waals surface area (Å²) in [5.74, 6) is 1.81. The second kappa shape index (κ2) is 23.6. The molecular weight excluding hydrogens is 1010 g/mol. The Morgan fingerprint density at radius 3 is 2.33 bits per heavy atom. The summed E-state index contributed by atoms with van der Waals surface area (Å²) in [6.07, 6.45) is 8.50. The van der Waals surface area contributed by atoms with Crippen LogP contribution in [0.2, 0.25) is 0 Å². The van der Waals surface area contributed by atoms with Crippen LogP contribution < -0.4 is 20.9 Å². The summed E-state index contributed by atoms with van der Waals surface area (Å²) >= 11 is 1.60. The van der Waals surface area contributed by atoms with Crippen LogP contribution in [0.4, 0.5) is 17.3 Å². The van der Waals surface area contributed by atoms with Crippen LogP contribution in [0.25, 0.3) is 21.7 Å². The lowest BCUT2D eigenvalue weighted by Crippen LogP contribution is -2.58. The number of hydrogen-bond donors (Lipinski definition) is 4. The molecular formula is C59H79N11O7S. The number of carbonyl (C=O) groups excluding carboxylic acids is 2. The smallest absolute Gasteiger partial charge is 0.243 e. The van der Waals surface area contributed by atoms with Gasteiger partial charge in [0.15, 0.2) is 17.4 Å². The molecule has 5 aromatic rings. The minimum absolute atomic E-state index is 0.0907. The van der Waals surface area contributed by atoms with Gasteiger partial charge in [-0.15, -0.1) is 21.5 Å². The number of phenols is 1. The normalized spacial score (nSPS) is 24.4. The maximum atomic E-state index is 14.4. The van der Waals surface area contributed by atoms with E-state index in [-0.39, 0.29) is 48.1 Å². The quantitative estimate of drug-likeness (QED) is 0.0765. The number of morpholine rings is 1. The molecule has 0 unspecified atom stereocenters. The van der Waals surface area contributed by atoms with Crippen molar-refractivity contribution < 1.29 is 33.8 Å². The number of β-amino-alcohol motifs (C(OH)–C–C–N with tert-alkyl or cyclic N) is 1. The summed E-state index contributed by atoms with van der Waals surface area (Å²) in [5, 5.41) is 37.3. The molecule has 5 aliphatic heterocycles. The summed E-state index contributed by atoms with van der Waals surface area (Å²) in [6.45, 7) is 18.4. The fraction of sp³-hybridized carbons (Fsp3) is 0.593. The highest BCUT2D eigenvalue weighted by atomic mass is 32.1. The first kappa shape index (κ1) is 54.3. The van der Waals surface area contributed by atoms with Gasteiger partial charge in [-0.25, -0.2) is 4.98 Å². The Hall–Kier alpha value is -5.70. The zero-order valence-corrected chi connectivity index (χ0v) is 46.7. The van der Waals surface area contributed by atoms with Crippen molar-refractivity contribution in [2.75, 3.05) is 94.1 Å². The molecule has 78 heavy (non-hydrogen) atoms. The molecule has 6 aliphatic rings. The Morgan fingerprint density at radius 1 is 0.872 bits per heavy atom. The number of nitrogen functional groups attached to an aromatic ring is 1. The topological polar surface area (TPSA) is 212 Å². The van der Waals surface area contributed by atoms with Gasteiger partial charge in [0.25, 0.3) is 0 Å². The molecule has 11 rings (SSSR count). The maximum Gasteiger partial charge on any atom is 0.243 e. The Labute approximate surface area is 462 Å². The van der Waals surface area contributed by atoms with Gasteiger partial charge >= 0.3 is 0 Å². The third-order valence-corrected chi connectivity index (χ3v) is 18.8. The van der Waals surface area contributed by atoms with Crippen LogP contribution >= 0.6 is 11.3 Å². The third-order valence-electron chi connectivity index (χ3n) is 17.8. The number of aryl methyl sites for hydroxylation is 1. The Bertz CT molecular complexity index is 2830. The van der Waals surface area contributed by atoms with Crippen LogP contribution in [0.5, 0.6) is 5.75 Å². The van der Waals surface area contributed by atoms with Gasteiger partial charge in [-0.1, -0.05) is 55.4 Å². The van der Waals surface area contributed by atoms with Gasteiger partial charge in [0.2, 0.25) is 11.8 Å². The fourth-order valence-electron chi connectivity index (χ4n) is 13.2. The van der Waals surface area contributed by atoms with E-state index in [0.29, 0.717) is 46.9 Å². The molecule has 8 heterocycles. The zero-order valence-electron chi connectivity index (χ0n) is 45.8. The molecule has 5 N–H and O–H groups in total. The molecule has 3 aromatic heterocycles. The molecule has 5 saturated heterocycles. The van der Waals surface area contributed by atoms with Crippen molar-refractivity contribution >= 4 is 40.5 Å². The predicted octanol–water partition coefficient (Wildman–Crippen LogP) is 7.28. The van der Waals surface area contributed by atoms with Crippen molar-refractivity contribution in [3.8, 4) is 27.4 Å². The minimum Gasteiger partial charge on any atom is -0.507 e. The number of amides is 2. The molecule has 1 spiro atoms. The fourth-order valence-corrected chi connectivity index (χ4v) is 14.0. The van der Waals surface area contributed by atoms with E-state index in [9.17, 15) is 19.8 Å². The molecule has 2 aromatic carbocycles. The van der Waals surface area contributed by atoms with Crippen molar-refractivity contribution in [3.63, 3.8) is 0 Å². The van der Waals surface area contributed by atoms with Gasteiger partial charge in [-0.3, -0.25) is 14.5 Å². The summed E-state index contributed by atoms with van der Waals surface area (Å²) in [4.78, 5) is 45.1. The number of para-hydroxylation sites is 1. The number of aliphatic hydroxyl groups is 1. The lowest BCUT2D eigenvalue weighted by molar-refractivity contribution is -0.141. The Kier molecular flexibility index (Phi) is 16.4. The number of aliphatic hydroxyl groups excluding tert-OH is 1. The number of phenolic OH excluding ortho intramolecular Hbond substituents is 1. The van der Waals surface area contributed by atoms with E-state index in [1.54, 1.807) is 28.4 Å². The highest BCUT2D eigenvalue weighted by molar-refractivity contribution is 7.13. The number of carbonyl (C=O) groups is 2. The van der Waals surface area contributed by atoms with E-state index in [1.165, 1.54) is 0 Å². The monoisotopic (exact) mass is 1090 g/mol. The van der Waals surface area contributed by atoms with Crippen LogP contribution in [0, 0.1) is 24.7 Å². The number of ether oxygens (including phenoxy) is 2. The number of rotatable bonds is 16. The highest BCUT2D eigenvalue weighted by Crippen LogP contribution is 2.40. The third kappa shape index (κ3) is 12.1. The van der Waals surface area contributed by atoms with Gasteiger partial charge in [0, 0.05) is 90.0 Å². The number of likely N-dealkylation sites (tertiary alicyclic amines) is 2. The number of aromatic nitrogens is 4. The average molecular weight is 1090 g/mol. The van der Waals surface area contributed by atoms with Crippen LogP contribution in [0.1, 0.15) is 108 Å². The molecule has 2 amide bonds. The molecule has 19 heteroatoms. The highest BCUT2D eigenvalue weighted by Gasteiger charge is 2.45. The summed E-state index contributed by atoms with van der Waals surface area (Å²) in [6, 6.07) is 18.1. The number of hydrogen-bond acceptors (Lipinski definition) is 17. The molecule has 1 saturated carbocycles. The predicted molar refractivity (Wildman–Crippen MR) is 301 cm³/mol. The van der Waals surface area contributed by atoms with Gasteiger partial charge < -0.3 is 54.9 Å². The molecule has 4 atom stereocenters. The van der Waals surface area contributed by atoms with Crippen molar-refractivity contribution in [1.29, 1.82) is 0 Å². The number of aromatic hydroxyl groups is 1. The van der Waals surface area contributed by atoms with Crippen LogP contribution in [-0.4, -0.2) is 166 Å². The molecule has 6 fully saturated rings. The lowest BCUT2D eigenvalue weighted by atomic mass is 9.81. The summed E-state index contributed by atoms with van der Waals surface area (Å²) < 4.78 is 19.2. The van der Waals surface area contributed by atoms with Crippen molar-refractivity contribution in [1.82, 2.24) is 40.4 Å². The Balaban J connectivity index is 0.586. The lowest BCUT2D eigenvalue weighted by Gasteiger charge is -2.49. The second-order valence-electron chi connectivity index (χ2n) is 23.6. The average Bonchev–Trinajstić information content (AvgIpc) is 4.23. The van der Waals surface area contributed by atoms with E-state index < -0.39 is 18.1 Å². The molecule has 18 nitrogen and oxygen atoms in total. The maximum absolute atomic E-state index is 14.4. The van der Waals surface area contributed by atoms with E-state index in [0.717, 1.165) is 157 Å². The number of anilines is 3. The standard InChI is InChI=1S/C59H79N11O7S/c1-37(2)54(58(74)70-34-44(71)29-50(70)57(73)62-38(3)42-9-11-43(12-10-42)55-39(4)61-36-78-55)52-31-53(65-77-52)69-21-13-40(14-22-69)32-66-19-15-45(16-20-66)76-46-27-41(28-46)33-67-25-26-75-59(35-67)17-23-68(24-18-59)49-30-48(63-64-56(49)60)47-7-5-6-8-51(47)72/h5-12,30-31,36-38,40-41,44-46,50,54,71-72H,13-29,32-35H2,1-4H3,(H2,60,64)(H,62,73)/t38-,41-,44+,46-,50-,54+/m0/s1. The zero-order chi connectivity index (χ0) is 54.1. The van der Waals surface area contributed by atoms with E-state index in [4.69, 9.17) is 19.7 Å². The first-order valence-electron chi connectivity index (χ1n) is 28.7. The van der Waals surface area contributed by atoms with Crippen molar-refractivity contribution in [3.05, 3.63) is 83.2 Å². The number of nitrogens with zero attached hydrogens (tertiary/aromatic N) is 9. The second-order valence-corrected chi connectivity index (χ2v) is 24.5. The van der Waals surface area contributed by atoms with Crippen LogP contribution in [0.15, 0.2) is 70.7 Å². The number of piperidine rings is 3. The SMILES string of the molecule is Cc1ncsc1-c1ccc([C@H](C)NC(=O)[C@@H]2C[C@@H](O)CN2C(=O)[C@@H](c2cc(N3CCC(CN4CCC(O[C@H]5C[C@H](CN6CCOC7(CCN(c8cc(-c9ccccc9O)nnc8N)CC7)C6)C5)CC4)CC3)no2)C(C)C)cc1. The van der Waals surface area contributed by atoms with Gasteiger partial charge in [-0.2, -0.15) is 0 Å². The van der Waals surface area contributed by atoms with E-state index in [2.05, 4.69) is 45.3 Å². The van der Waals surface area contributed by atoms with Crippen LogP contribution in [0.3, 0.4) is 0 Å². The van der Waals surface area contributed by atoms with Crippen molar-refractivity contribution in [2.45, 2.75) is 127 Å².